The maximum Gasteiger partial charge on any atom is 0.287 e. The highest BCUT2D eigenvalue weighted by atomic mass is 32.2. The van der Waals surface area contributed by atoms with Crippen LogP contribution in [0.25, 0.3) is 0 Å². The van der Waals surface area contributed by atoms with Crippen molar-refractivity contribution in [3.05, 3.63) is 17.5 Å². The Morgan fingerprint density at radius 1 is 1.55 bits per heavy atom. The lowest BCUT2D eigenvalue weighted by molar-refractivity contribution is -0.124. The number of nitrogens with one attached hydrogen (secondary N) is 1. The van der Waals surface area contributed by atoms with Crippen LogP contribution in [0.5, 0.6) is 0 Å². The van der Waals surface area contributed by atoms with Crippen LogP contribution in [0.4, 0.5) is 8.78 Å². The zero-order valence-electron chi connectivity index (χ0n) is 10.5. The number of hydrogen-bond acceptors (Lipinski definition) is 5. The first-order valence-electron chi connectivity index (χ1n) is 5.44. The minimum atomic E-state index is -3.80. The van der Waals surface area contributed by atoms with Crippen molar-refractivity contribution in [2.45, 2.75) is 10.1 Å². The zero-order valence-corrected chi connectivity index (χ0v) is 12.2. The molecule has 0 aliphatic heterocycles. The fourth-order valence-electron chi connectivity index (χ4n) is 1.19. The van der Waals surface area contributed by atoms with Crippen LogP contribution in [0, 0.1) is 0 Å². The lowest BCUT2D eigenvalue weighted by Crippen LogP contribution is -2.43. The molecule has 0 bridgehead atoms. The highest BCUT2D eigenvalue weighted by Crippen LogP contribution is 2.19. The molecule has 0 aromatic carbocycles. The smallest absolute Gasteiger partial charge is 0.287 e. The lowest BCUT2D eigenvalue weighted by atomic mass is 10.3. The molecule has 114 valence electrons. The molecule has 0 aliphatic carbocycles. The van der Waals surface area contributed by atoms with Gasteiger partial charge in [0.15, 0.2) is 0 Å². The number of likely N-dealkylation sites (N-methyl/N-ethyl adjacent to an activating group) is 1. The molecule has 20 heavy (non-hydrogen) atoms. The highest BCUT2D eigenvalue weighted by molar-refractivity contribution is 7.91. The first-order chi connectivity index (χ1) is 9.19. The van der Waals surface area contributed by atoms with E-state index in [9.17, 15) is 22.0 Å². The van der Waals surface area contributed by atoms with Gasteiger partial charge < -0.3 is 10.4 Å². The molecule has 0 unspecified atom stereocenters. The van der Waals surface area contributed by atoms with E-state index in [1.807, 2.05) is 5.32 Å². The van der Waals surface area contributed by atoms with E-state index in [-0.39, 0.29) is 4.21 Å². The monoisotopic (exact) mass is 328 g/mol. The average molecular weight is 328 g/mol. The number of rotatable bonds is 7. The molecule has 0 fully saturated rings. The summed E-state index contributed by atoms with van der Waals surface area (Å²) in [7, 11) is -2.62. The number of aliphatic hydroxyl groups excluding tert-OH is 1. The van der Waals surface area contributed by atoms with Gasteiger partial charge in [-0.15, -0.1) is 11.3 Å². The minimum Gasteiger partial charge on any atom is -0.390 e. The van der Waals surface area contributed by atoms with Crippen molar-refractivity contribution >= 4 is 27.3 Å². The number of nitrogens with zero attached hydrogens (tertiary/aromatic N) is 1. The van der Waals surface area contributed by atoms with E-state index in [1.54, 1.807) is 11.4 Å². The van der Waals surface area contributed by atoms with E-state index in [4.69, 9.17) is 5.11 Å². The Morgan fingerprint density at radius 2 is 2.20 bits per heavy atom. The summed E-state index contributed by atoms with van der Waals surface area (Å²) in [6, 6.07) is 2.93. The van der Waals surface area contributed by atoms with Crippen LogP contribution in [0.1, 0.15) is 0 Å². The van der Waals surface area contributed by atoms with Gasteiger partial charge >= 0.3 is 0 Å². The second-order valence-electron chi connectivity index (χ2n) is 3.98. The van der Waals surface area contributed by atoms with Gasteiger partial charge in [0, 0.05) is 7.05 Å². The van der Waals surface area contributed by atoms with Crippen molar-refractivity contribution in [2.75, 3.05) is 26.7 Å². The van der Waals surface area contributed by atoms with E-state index in [2.05, 4.69) is 0 Å². The summed E-state index contributed by atoms with van der Waals surface area (Å²) in [5.74, 6) is -4.30. The summed E-state index contributed by atoms with van der Waals surface area (Å²) >= 11 is 0.992. The fourth-order valence-corrected chi connectivity index (χ4v) is 3.52. The van der Waals surface area contributed by atoms with Gasteiger partial charge in [-0.3, -0.25) is 4.79 Å². The normalized spacial score (nSPS) is 12.7. The van der Waals surface area contributed by atoms with Gasteiger partial charge in [0.1, 0.15) is 10.8 Å². The maximum absolute atomic E-state index is 12.7. The molecule has 1 rings (SSSR count). The molecular weight excluding hydrogens is 314 g/mol. The maximum atomic E-state index is 12.7. The SMILES string of the molecule is CN(CC(=O)NCC(F)(F)CO)S(=O)(=O)c1cccs1. The van der Waals surface area contributed by atoms with Gasteiger partial charge in [-0.1, -0.05) is 6.07 Å². The Morgan fingerprint density at radius 3 is 2.70 bits per heavy atom. The topological polar surface area (TPSA) is 86.7 Å². The third-order valence-corrected chi connectivity index (χ3v) is 5.48. The molecule has 0 saturated carbocycles. The molecule has 6 nitrogen and oxygen atoms in total. The molecule has 0 saturated heterocycles. The van der Waals surface area contributed by atoms with Crippen LogP contribution in [-0.4, -0.2) is 56.4 Å². The third-order valence-electron chi connectivity index (χ3n) is 2.30. The van der Waals surface area contributed by atoms with Gasteiger partial charge in [0.2, 0.25) is 5.91 Å². The fraction of sp³-hybridized carbons (Fsp3) is 0.500. The van der Waals surface area contributed by atoms with Gasteiger partial charge in [0.05, 0.1) is 13.1 Å². The van der Waals surface area contributed by atoms with E-state index in [0.29, 0.717) is 0 Å². The highest BCUT2D eigenvalue weighted by Gasteiger charge is 2.29. The van der Waals surface area contributed by atoms with Crippen LogP contribution >= 0.6 is 11.3 Å². The molecule has 0 radical (unpaired) electrons. The molecule has 1 aromatic heterocycles. The number of thiophene rings is 1. The Kier molecular flexibility index (Phi) is 5.57. The predicted octanol–water partition coefficient (Wildman–Crippen LogP) is 0.112. The quantitative estimate of drug-likeness (QED) is 0.744. The number of carbonyl (C=O) groups is 1. The molecule has 2 N–H and O–H groups in total. The first kappa shape index (κ1) is 17.0. The van der Waals surface area contributed by atoms with Gasteiger partial charge in [-0.05, 0) is 11.4 Å². The molecule has 0 atom stereocenters. The molecule has 1 amide bonds. The summed E-state index contributed by atoms with van der Waals surface area (Å²) in [6.45, 7) is -3.02. The average Bonchev–Trinajstić information content (AvgIpc) is 2.91. The largest absolute Gasteiger partial charge is 0.390 e. The third kappa shape index (κ3) is 4.47. The summed E-state index contributed by atoms with van der Waals surface area (Å²) in [4.78, 5) is 11.4. The summed E-state index contributed by atoms with van der Waals surface area (Å²) < 4.78 is 50.2. The molecule has 1 aromatic rings. The van der Waals surface area contributed by atoms with E-state index < -0.39 is 41.5 Å². The number of halogens is 2. The van der Waals surface area contributed by atoms with Crippen LogP contribution in [0.15, 0.2) is 21.7 Å². The van der Waals surface area contributed by atoms with Crippen molar-refractivity contribution in [1.82, 2.24) is 9.62 Å². The van der Waals surface area contributed by atoms with Crippen LogP contribution in [-0.2, 0) is 14.8 Å². The van der Waals surface area contributed by atoms with Crippen molar-refractivity contribution in [1.29, 1.82) is 0 Å². The van der Waals surface area contributed by atoms with Crippen molar-refractivity contribution in [3.8, 4) is 0 Å². The molecule has 0 aliphatic rings. The van der Waals surface area contributed by atoms with E-state index in [1.165, 1.54) is 13.1 Å². The zero-order chi connectivity index (χ0) is 15.4. The molecular formula is C10H14F2N2O4S2. The molecule has 0 spiro atoms. The van der Waals surface area contributed by atoms with Gasteiger partial charge in [-0.2, -0.15) is 4.31 Å². The number of sulfonamides is 1. The number of carbonyl (C=O) groups excluding carboxylic acids is 1. The van der Waals surface area contributed by atoms with Crippen molar-refractivity contribution < 1.29 is 27.1 Å². The summed E-state index contributed by atoms with van der Waals surface area (Å²) in [5.41, 5.74) is 0. The van der Waals surface area contributed by atoms with Crippen molar-refractivity contribution in [2.24, 2.45) is 0 Å². The Bertz CT molecular complexity index is 546. The summed E-state index contributed by atoms with van der Waals surface area (Å²) in [6.07, 6.45) is 0. The predicted molar refractivity (Wildman–Crippen MR) is 69.2 cm³/mol. The van der Waals surface area contributed by atoms with Crippen molar-refractivity contribution in [3.63, 3.8) is 0 Å². The number of alkyl halides is 2. The lowest BCUT2D eigenvalue weighted by Gasteiger charge is -2.17. The Hall–Kier alpha value is -1.10. The molecule has 1 heterocycles. The molecule has 10 heteroatoms. The van der Waals surface area contributed by atoms with Crippen LogP contribution in [0.3, 0.4) is 0 Å². The minimum absolute atomic E-state index is 0.0634. The number of aliphatic hydroxyl groups is 1. The van der Waals surface area contributed by atoms with Crippen LogP contribution < -0.4 is 5.32 Å². The van der Waals surface area contributed by atoms with E-state index in [0.717, 1.165) is 15.6 Å². The number of amides is 1. The summed E-state index contributed by atoms with van der Waals surface area (Å²) in [5, 5.41) is 11.8. The van der Waals surface area contributed by atoms with E-state index >= 15 is 0 Å². The second-order valence-corrected chi connectivity index (χ2v) is 7.20. The van der Waals surface area contributed by atoms with Crippen LogP contribution in [0.2, 0.25) is 0 Å². The first-order valence-corrected chi connectivity index (χ1v) is 7.76. The number of hydrogen-bond donors (Lipinski definition) is 2. The second kappa shape index (κ2) is 6.57. The standard InChI is InChI=1S/C10H14F2N2O4S2/c1-14(20(17,18)9-3-2-4-19-9)5-8(16)13-6-10(11,12)7-15/h2-4,15H,5-7H2,1H3,(H,13,16). The van der Waals surface area contributed by atoms with Gasteiger partial charge in [0.25, 0.3) is 15.9 Å². The Labute approximate surface area is 119 Å². The van der Waals surface area contributed by atoms with Gasteiger partial charge in [-0.25, -0.2) is 17.2 Å². The Balaban J connectivity index is 2.58.